The predicted molar refractivity (Wildman–Crippen MR) is 123 cm³/mol. The molecule has 2 aliphatic carbocycles. The van der Waals surface area contributed by atoms with E-state index in [0.29, 0.717) is 25.4 Å². The molecule has 0 aromatic heterocycles. The molecule has 0 radical (unpaired) electrons. The Labute approximate surface area is 192 Å². The number of esters is 1. The van der Waals surface area contributed by atoms with E-state index in [1.807, 2.05) is 30.8 Å². The van der Waals surface area contributed by atoms with Gasteiger partial charge in [-0.2, -0.15) is 0 Å². The molecule has 1 aliphatic heterocycles. The predicted octanol–water partition coefficient (Wildman–Crippen LogP) is 6.22. The maximum Gasteiger partial charge on any atom is 0.338 e. The topological polar surface area (TPSA) is 44.8 Å². The molecule has 30 heavy (non-hydrogen) atoms. The zero-order chi connectivity index (χ0) is 21.4. The number of rotatable bonds is 6. The molecule has 1 saturated heterocycles. The molecule has 1 heterocycles. The second kappa shape index (κ2) is 8.97. The fourth-order valence-electron chi connectivity index (χ4n) is 4.01. The lowest BCUT2D eigenvalue weighted by atomic mass is 9.94. The number of hydrogen-bond acceptors (Lipinski definition) is 5. The highest BCUT2D eigenvalue weighted by Gasteiger charge is 2.45. The number of benzene rings is 1. The van der Waals surface area contributed by atoms with Gasteiger partial charge in [0.15, 0.2) is 5.79 Å². The average Bonchev–Trinajstić information content (AvgIpc) is 3.44. The number of hydrogen-bond donors (Lipinski definition) is 0. The minimum Gasteiger partial charge on any atom is -0.462 e. The summed E-state index contributed by atoms with van der Waals surface area (Å²) >= 11 is 5.61. The van der Waals surface area contributed by atoms with E-state index in [1.165, 1.54) is 17.7 Å². The smallest absolute Gasteiger partial charge is 0.338 e. The van der Waals surface area contributed by atoms with Gasteiger partial charge in [-0.25, -0.2) is 4.79 Å². The van der Waals surface area contributed by atoms with Crippen LogP contribution in [0.5, 0.6) is 0 Å². The summed E-state index contributed by atoms with van der Waals surface area (Å²) in [7, 11) is 0. The van der Waals surface area contributed by atoms with E-state index in [2.05, 4.69) is 41.9 Å². The summed E-state index contributed by atoms with van der Waals surface area (Å²) in [4.78, 5) is 14.0. The van der Waals surface area contributed by atoms with Crippen LogP contribution in [0.1, 0.15) is 58.4 Å². The molecule has 1 aromatic carbocycles. The van der Waals surface area contributed by atoms with Gasteiger partial charge in [0.05, 0.1) is 25.4 Å². The molecule has 4 rings (SSSR count). The summed E-state index contributed by atoms with van der Waals surface area (Å²) < 4.78 is 18.8. The molecule has 1 unspecified atom stereocenters. The summed E-state index contributed by atoms with van der Waals surface area (Å²) in [6, 6.07) is 6.20. The van der Waals surface area contributed by atoms with Gasteiger partial charge in [0.2, 0.25) is 0 Å². The largest absolute Gasteiger partial charge is 0.462 e. The van der Waals surface area contributed by atoms with Crippen molar-refractivity contribution in [3.63, 3.8) is 0 Å². The molecular weight excluding hydrogens is 464 g/mol. The van der Waals surface area contributed by atoms with E-state index < -0.39 is 5.79 Å². The Morgan fingerprint density at radius 2 is 2.00 bits per heavy atom. The van der Waals surface area contributed by atoms with E-state index in [-0.39, 0.29) is 17.3 Å². The zero-order valence-electron chi connectivity index (χ0n) is 18.0. The third-order valence-corrected chi connectivity index (χ3v) is 8.21. The van der Waals surface area contributed by atoms with Gasteiger partial charge in [-0.3, -0.25) is 0 Å². The van der Waals surface area contributed by atoms with Crippen LogP contribution < -0.4 is 0 Å². The molecule has 1 spiro atoms. The van der Waals surface area contributed by atoms with E-state index in [1.54, 1.807) is 0 Å². The van der Waals surface area contributed by atoms with Crippen LogP contribution in [-0.2, 0) is 19.0 Å². The number of ether oxygens (including phenoxy) is 3. The Morgan fingerprint density at radius 1 is 1.27 bits per heavy atom. The molecule has 0 bridgehead atoms. The Balaban J connectivity index is 1.53. The summed E-state index contributed by atoms with van der Waals surface area (Å²) in [5.41, 5.74) is 1.59. The Bertz CT molecular complexity index is 820. The van der Waals surface area contributed by atoms with Crippen LogP contribution in [0, 0.1) is 11.3 Å². The Kier molecular flexibility index (Phi) is 6.69. The van der Waals surface area contributed by atoms with E-state index >= 15 is 0 Å². The van der Waals surface area contributed by atoms with Crippen molar-refractivity contribution in [1.29, 1.82) is 0 Å². The zero-order valence-corrected chi connectivity index (χ0v) is 20.4. The van der Waals surface area contributed by atoms with Gasteiger partial charge in [-0.05, 0) is 65.7 Å². The second-order valence-corrected chi connectivity index (χ2v) is 11.6. The normalized spacial score (nSPS) is 25.5. The number of allylic oxidation sites excluding steroid dienone is 1. The molecule has 6 heteroatoms. The molecular formula is C24H31BrO4S. The van der Waals surface area contributed by atoms with Crippen molar-refractivity contribution >= 4 is 39.2 Å². The van der Waals surface area contributed by atoms with Gasteiger partial charge < -0.3 is 14.2 Å². The fourth-order valence-corrected chi connectivity index (χ4v) is 5.71. The van der Waals surface area contributed by atoms with Crippen molar-refractivity contribution in [1.82, 2.24) is 0 Å². The van der Waals surface area contributed by atoms with Gasteiger partial charge in [-0.15, -0.1) is 11.8 Å². The van der Waals surface area contributed by atoms with Gasteiger partial charge in [-0.1, -0.05) is 26.0 Å². The minimum absolute atomic E-state index is 0.0573. The third-order valence-electron chi connectivity index (χ3n) is 5.88. The Morgan fingerprint density at radius 3 is 2.63 bits per heavy atom. The van der Waals surface area contributed by atoms with Gasteiger partial charge in [0.25, 0.3) is 0 Å². The molecule has 4 nitrogen and oxygen atoms in total. The summed E-state index contributed by atoms with van der Waals surface area (Å²) in [6.45, 7) is 7.95. The van der Waals surface area contributed by atoms with E-state index in [0.717, 1.165) is 34.5 Å². The first-order valence-electron chi connectivity index (χ1n) is 10.9. The number of halogens is 1. The van der Waals surface area contributed by atoms with Crippen molar-refractivity contribution < 1.29 is 19.0 Å². The van der Waals surface area contributed by atoms with Crippen molar-refractivity contribution in [2.75, 3.05) is 19.8 Å². The van der Waals surface area contributed by atoms with Crippen LogP contribution in [0.3, 0.4) is 0 Å². The highest BCUT2D eigenvalue weighted by atomic mass is 79.9. The molecule has 1 atom stereocenters. The first kappa shape index (κ1) is 22.4. The fraction of sp³-hybridized carbons (Fsp3) is 0.625. The standard InChI is InChI=1S/C24H31BrO4S/c1-4-27-22(26)19(17-5-8-21(20(25)12-17)30-18-6-7-18)11-16-9-10-24(13-16)28-14-23(2,3)15-29-24/h5,8,11-12,16,18H,4,6-7,9-10,13-15H2,1-3H3/b19-11-. The quantitative estimate of drug-likeness (QED) is 0.346. The van der Waals surface area contributed by atoms with Crippen molar-refractivity contribution in [3.8, 4) is 0 Å². The Hall–Kier alpha value is -0.820. The second-order valence-electron chi connectivity index (χ2n) is 9.42. The lowest BCUT2D eigenvalue weighted by Crippen LogP contribution is -2.46. The number of carbonyl (C=O) groups is 1. The molecule has 164 valence electrons. The average molecular weight is 495 g/mol. The summed E-state index contributed by atoms with van der Waals surface area (Å²) in [6.07, 6.45) is 7.24. The van der Waals surface area contributed by atoms with E-state index in [9.17, 15) is 4.79 Å². The lowest BCUT2D eigenvalue weighted by Gasteiger charge is -2.41. The van der Waals surface area contributed by atoms with Crippen molar-refractivity contribution in [2.24, 2.45) is 11.3 Å². The highest BCUT2D eigenvalue weighted by molar-refractivity contribution is 9.10. The van der Waals surface area contributed by atoms with Crippen molar-refractivity contribution in [3.05, 3.63) is 34.3 Å². The van der Waals surface area contributed by atoms with Crippen LogP contribution >= 0.6 is 27.7 Å². The molecule has 0 amide bonds. The maximum absolute atomic E-state index is 12.8. The maximum atomic E-state index is 12.8. The van der Waals surface area contributed by atoms with Crippen LogP contribution in [0.2, 0.25) is 0 Å². The molecule has 3 fully saturated rings. The van der Waals surface area contributed by atoms with Crippen LogP contribution in [-0.4, -0.2) is 36.8 Å². The monoisotopic (exact) mass is 494 g/mol. The lowest BCUT2D eigenvalue weighted by molar-refractivity contribution is -0.295. The van der Waals surface area contributed by atoms with E-state index in [4.69, 9.17) is 14.2 Å². The van der Waals surface area contributed by atoms with Crippen LogP contribution in [0.4, 0.5) is 0 Å². The number of carbonyl (C=O) groups excluding carboxylic acids is 1. The van der Waals surface area contributed by atoms with Crippen LogP contribution in [0.15, 0.2) is 33.6 Å². The highest BCUT2D eigenvalue weighted by Crippen LogP contribution is 2.45. The van der Waals surface area contributed by atoms with Gasteiger partial charge >= 0.3 is 5.97 Å². The summed E-state index contributed by atoms with van der Waals surface area (Å²) in [5.74, 6) is -0.536. The minimum atomic E-state index is -0.498. The first-order chi connectivity index (χ1) is 14.3. The number of thioether (sulfide) groups is 1. The molecule has 2 saturated carbocycles. The third kappa shape index (κ3) is 5.32. The molecule has 0 N–H and O–H groups in total. The molecule has 1 aromatic rings. The van der Waals surface area contributed by atoms with Gasteiger partial charge in [0.1, 0.15) is 0 Å². The SMILES string of the molecule is CCOC(=O)/C(=C\C1CCC2(C1)OCC(C)(C)CO2)c1ccc(SC2CC2)c(Br)c1. The van der Waals surface area contributed by atoms with Crippen LogP contribution in [0.25, 0.3) is 5.57 Å². The molecule has 3 aliphatic rings. The van der Waals surface area contributed by atoms with Crippen molar-refractivity contribution in [2.45, 2.75) is 68.8 Å². The first-order valence-corrected chi connectivity index (χ1v) is 12.6. The summed E-state index contributed by atoms with van der Waals surface area (Å²) in [5, 5.41) is 0.738. The van der Waals surface area contributed by atoms with Gasteiger partial charge in [0, 0.05) is 32.9 Å².